The molecule has 2 fully saturated rings. The largest absolute Gasteiger partial charge is 0.462 e. The SMILES string of the molecule is CCOC(=O)/C(Br)=C\C[C@H]1O[C@@H]2OC(C)(C)O[C@@H]2[C@H]1OCc1ccccc1. The number of fused-ring (bicyclic) bond motifs is 1. The molecule has 27 heavy (non-hydrogen) atoms. The number of ether oxygens (including phenoxy) is 5. The maximum Gasteiger partial charge on any atom is 0.344 e. The van der Waals surface area contributed by atoms with Crippen molar-refractivity contribution in [2.45, 2.75) is 64.2 Å². The van der Waals surface area contributed by atoms with E-state index in [1.807, 2.05) is 44.2 Å². The molecular weight excluding hydrogens is 416 g/mol. The van der Waals surface area contributed by atoms with Gasteiger partial charge >= 0.3 is 5.97 Å². The second kappa shape index (κ2) is 8.84. The molecule has 2 aliphatic heterocycles. The molecule has 0 bridgehead atoms. The van der Waals surface area contributed by atoms with E-state index in [0.717, 1.165) is 5.56 Å². The van der Waals surface area contributed by atoms with Crippen molar-refractivity contribution in [1.29, 1.82) is 0 Å². The first-order valence-electron chi connectivity index (χ1n) is 9.09. The molecule has 0 amide bonds. The Labute approximate surface area is 167 Å². The highest BCUT2D eigenvalue weighted by molar-refractivity contribution is 9.12. The maximum atomic E-state index is 11.8. The second-order valence-corrected chi connectivity index (χ2v) is 7.77. The maximum absolute atomic E-state index is 11.8. The van der Waals surface area contributed by atoms with Crippen LogP contribution in [0, 0.1) is 0 Å². The highest BCUT2D eigenvalue weighted by Crippen LogP contribution is 2.40. The minimum absolute atomic E-state index is 0.290. The summed E-state index contributed by atoms with van der Waals surface area (Å²) >= 11 is 3.25. The van der Waals surface area contributed by atoms with Gasteiger partial charge in [-0.25, -0.2) is 4.79 Å². The Morgan fingerprint density at radius 1 is 1.26 bits per heavy atom. The zero-order valence-electron chi connectivity index (χ0n) is 15.7. The van der Waals surface area contributed by atoms with Crippen LogP contribution in [-0.2, 0) is 35.1 Å². The van der Waals surface area contributed by atoms with Gasteiger partial charge in [0.05, 0.1) is 23.8 Å². The molecule has 2 saturated heterocycles. The summed E-state index contributed by atoms with van der Waals surface area (Å²) in [5.41, 5.74) is 1.07. The molecule has 3 rings (SSSR count). The highest BCUT2D eigenvalue weighted by atomic mass is 79.9. The van der Waals surface area contributed by atoms with Crippen LogP contribution in [0.5, 0.6) is 0 Å². The number of esters is 1. The van der Waals surface area contributed by atoms with Crippen LogP contribution in [0.1, 0.15) is 32.8 Å². The molecule has 0 aromatic heterocycles. The van der Waals surface area contributed by atoms with Crippen LogP contribution in [-0.4, -0.2) is 43.0 Å². The molecule has 1 aromatic carbocycles. The van der Waals surface area contributed by atoms with E-state index in [-0.39, 0.29) is 18.3 Å². The predicted molar refractivity (Wildman–Crippen MR) is 102 cm³/mol. The van der Waals surface area contributed by atoms with Gasteiger partial charge in [0.25, 0.3) is 0 Å². The Morgan fingerprint density at radius 3 is 2.70 bits per heavy atom. The second-order valence-electron chi connectivity index (χ2n) is 6.91. The summed E-state index contributed by atoms with van der Waals surface area (Å²) in [5.74, 6) is -1.11. The molecule has 0 spiro atoms. The lowest BCUT2D eigenvalue weighted by atomic mass is 10.1. The fraction of sp³-hybridized carbons (Fsp3) is 0.550. The molecule has 4 atom stereocenters. The third-order valence-corrected chi connectivity index (χ3v) is 5.02. The van der Waals surface area contributed by atoms with Crippen molar-refractivity contribution in [1.82, 2.24) is 0 Å². The standard InChI is InChI=1S/C20H25BrO6/c1-4-23-18(22)14(21)10-11-15-16(24-12-13-8-6-5-7-9-13)17-19(25-15)27-20(2,3)26-17/h5-10,15-17,19H,4,11-12H2,1-3H3/b14-10+/t15-,16+,17-,19-/m1/s1. The van der Waals surface area contributed by atoms with Crippen molar-refractivity contribution in [2.24, 2.45) is 0 Å². The third kappa shape index (κ3) is 5.18. The van der Waals surface area contributed by atoms with Gasteiger partial charge in [0.1, 0.15) is 12.2 Å². The zero-order chi connectivity index (χ0) is 19.4. The monoisotopic (exact) mass is 440 g/mol. The molecule has 2 aliphatic rings. The molecule has 1 aromatic rings. The molecule has 0 N–H and O–H groups in total. The van der Waals surface area contributed by atoms with E-state index in [1.165, 1.54) is 0 Å². The van der Waals surface area contributed by atoms with Crippen LogP contribution in [0.25, 0.3) is 0 Å². The quantitative estimate of drug-likeness (QED) is 0.475. The van der Waals surface area contributed by atoms with E-state index in [9.17, 15) is 4.79 Å². The summed E-state index contributed by atoms with van der Waals surface area (Å²) in [6, 6.07) is 9.93. The van der Waals surface area contributed by atoms with Crippen molar-refractivity contribution in [2.75, 3.05) is 6.61 Å². The molecular formula is C20H25BrO6. The fourth-order valence-corrected chi connectivity index (χ4v) is 3.51. The normalized spacial score (nSPS) is 29.6. The van der Waals surface area contributed by atoms with Gasteiger partial charge in [-0.2, -0.15) is 0 Å². The number of benzene rings is 1. The molecule has 2 heterocycles. The number of hydrogen-bond donors (Lipinski definition) is 0. The van der Waals surface area contributed by atoms with Crippen LogP contribution < -0.4 is 0 Å². The summed E-state index contributed by atoms with van der Waals surface area (Å²) in [4.78, 5) is 11.8. The lowest BCUT2D eigenvalue weighted by Gasteiger charge is -2.25. The number of hydrogen-bond acceptors (Lipinski definition) is 6. The fourth-order valence-electron chi connectivity index (χ4n) is 3.21. The van der Waals surface area contributed by atoms with E-state index in [4.69, 9.17) is 23.7 Å². The molecule has 0 radical (unpaired) electrons. The van der Waals surface area contributed by atoms with Crippen molar-refractivity contribution in [3.63, 3.8) is 0 Å². The van der Waals surface area contributed by atoms with E-state index >= 15 is 0 Å². The van der Waals surface area contributed by atoms with E-state index in [1.54, 1.807) is 13.0 Å². The van der Waals surface area contributed by atoms with Gasteiger partial charge < -0.3 is 23.7 Å². The zero-order valence-corrected chi connectivity index (χ0v) is 17.3. The summed E-state index contributed by atoms with van der Waals surface area (Å²) in [7, 11) is 0. The summed E-state index contributed by atoms with van der Waals surface area (Å²) in [6.07, 6.45) is 0.814. The predicted octanol–water partition coefficient (Wildman–Crippen LogP) is 3.68. The van der Waals surface area contributed by atoms with Gasteiger partial charge in [-0.1, -0.05) is 36.4 Å². The van der Waals surface area contributed by atoms with Crippen LogP contribution in [0.2, 0.25) is 0 Å². The first-order valence-corrected chi connectivity index (χ1v) is 9.88. The van der Waals surface area contributed by atoms with Crippen molar-refractivity contribution < 1.29 is 28.5 Å². The first-order chi connectivity index (χ1) is 12.9. The Hall–Kier alpha value is -1.25. The van der Waals surface area contributed by atoms with E-state index < -0.39 is 18.0 Å². The lowest BCUT2D eigenvalue weighted by molar-refractivity contribution is -0.218. The molecule has 6 nitrogen and oxygen atoms in total. The Kier molecular flexibility index (Phi) is 6.70. The van der Waals surface area contributed by atoms with Crippen LogP contribution in [0.3, 0.4) is 0 Å². The topological polar surface area (TPSA) is 63.2 Å². The minimum atomic E-state index is -0.712. The van der Waals surface area contributed by atoms with Gasteiger partial charge in [0.15, 0.2) is 12.1 Å². The summed E-state index contributed by atoms with van der Waals surface area (Å²) in [5, 5.41) is 0. The van der Waals surface area contributed by atoms with Gasteiger partial charge in [0.2, 0.25) is 0 Å². The smallest absolute Gasteiger partial charge is 0.344 e. The minimum Gasteiger partial charge on any atom is -0.462 e. The molecule has 0 aliphatic carbocycles. The molecule has 0 saturated carbocycles. The number of carbonyl (C=O) groups excluding carboxylic acids is 1. The average Bonchev–Trinajstić information content (AvgIpc) is 3.10. The number of halogens is 1. The van der Waals surface area contributed by atoms with Crippen molar-refractivity contribution in [3.8, 4) is 0 Å². The molecule has 0 unspecified atom stereocenters. The van der Waals surface area contributed by atoms with Crippen LogP contribution in [0.15, 0.2) is 40.9 Å². The van der Waals surface area contributed by atoms with Crippen molar-refractivity contribution in [3.05, 3.63) is 46.5 Å². The first kappa shape index (κ1) is 20.5. The molecule has 7 heteroatoms. The van der Waals surface area contributed by atoms with E-state index in [0.29, 0.717) is 24.1 Å². The lowest BCUT2D eigenvalue weighted by Crippen LogP contribution is -2.36. The Morgan fingerprint density at radius 2 is 2.00 bits per heavy atom. The average molecular weight is 441 g/mol. The summed E-state index contributed by atoms with van der Waals surface area (Å²) in [6.45, 7) is 6.25. The van der Waals surface area contributed by atoms with Gasteiger partial charge in [-0.3, -0.25) is 0 Å². The highest BCUT2D eigenvalue weighted by Gasteiger charge is 2.55. The Balaban J connectivity index is 1.68. The van der Waals surface area contributed by atoms with Crippen molar-refractivity contribution >= 4 is 21.9 Å². The third-order valence-electron chi connectivity index (χ3n) is 4.37. The number of carbonyl (C=O) groups is 1. The van der Waals surface area contributed by atoms with Crippen LogP contribution in [0.4, 0.5) is 0 Å². The Bertz CT molecular complexity index is 674. The van der Waals surface area contributed by atoms with Gasteiger partial charge in [-0.05, 0) is 48.7 Å². The van der Waals surface area contributed by atoms with E-state index in [2.05, 4.69) is 15.9 Å². The number of rotatable bonds is 7. The van der Waals surface area contributed by atoms with Gasteiger partial charge in [-0.15, -0.1) is 0 Å². The molecule has 148 valence electrons. The summed E-state index contributed by atoms with van der Waals surface area (Å²) < 4.78 is 29.4. The van der Waals surface area contributed by atoms with Gasteiger partial charge in [0, 0.05) is 0 Å². The van der Waals surface area contributed by atoms with Crippen LogP contribution >= 0.6 is 15.9 Å².